The number of amides is 3. The Morgan fingerprint density at radius 3 is 2.69 bits per heavy atom. The summed E-state index contributed by atoms with van der Waals surface area (Å²) in [6, 6.07) is 15.1. The normalized spacial score (nSPS) is 23.4. The molecule has 3 aromatic carbocycles. The second-order valence-corrected chi connectivity index (χ2v) is 16.1. The number of carbonyl (C=O) groups is 3. The predicted molar refractivity (Wildman–Crippen MR) is 209 cm³/mol. The molecule has 55 heavy (non-hydrogen) atoms. The number of aromatic amines is 2. The van der Waals surface area contributed by atoms with Crippen LogP contribution in [0.3, 0.4) is 0 Å². The van der Waals surface area contributed by atoms with Crippen LogP contribution in [0.4, 0.5) is 4.79 Å². The molecular formula is C43H49N7O5. The molecule has 0 spiro atoms. The molecule has 9 rings (SSSR count). The van der Waals surface area contributed by atoms with Gasteiger partial charge in [-0.15, -0.1) is 0 Å². The van der Waals surface area contributed by atoms with Gasteiger partial charge in [0, 0.05) is 29.5 Å². The van der Waals surface area contributed by atoms with E-state index < -0.39 is 6.09 Å². The molecule has 5 heterocycles. The van der Waals surface area contributed by atoms with E-state index in [1.807, 2.05) is 11.1 Å². The van der Waals surface area contributed by atoms with Gasteiger partial charge in [-0.3, -0.25) is 9.59 Å². The van der Waals surface area contributed by atoms with Crippen molar-refractivity contribution in [2.24, 2.45) is 11.8 Å². The summed E-state index contributed by atoms with van der Waals surface area (Å²) in [5.41, 5.74) is 6.99. The SMILES string of the molecule is CCC(C)CC(=O)N1C(c2ncc(-c3ccc4c(c3)COc3cc5c(ccc6[nH]c([C@@H]7C[C@@H]8CCC[C@@H]8N7C(=O)CNC(=O)OC)nc65)cc3-4)[nH]2)CC[C@@H]1C. The van der Waals surface area contributed by atoms with Crippen LogP contribution < -0.4 is 10.1 Å². The summed E-state index contributed by atoms with van der Waals surface area (Å²) in [4.78, 5) is 59.6. The number of ether oxygens (including phenoxy) is 2. The van der Waals surface area contributed by atoms with E-state index in [9.17, 15) is 14.4 Å². The van der Waals surface area contributed by atoms with E-state index in [1.54, 1.807) is 0 Å². The summed E-state index contributed by atoms with van der Waals surface area (Å²) in [5, 5.41) is 4.62. The fourth-order valence-corrected chi connectivity index (χ4v) is 9.71. The van der Waals surface area contributed by atoms with Crippen LogP contribution in [0, 0.1) is 11.8 Å². The van der Waals surface area contributed by atoms with E-state index in [0.29, 0.717) is 24.9 Å². The van der Waals surface area contributed by atoms with Gasteiger partial charge in [-0.2, -0.15) is 0 Å². The highest BCUT2D eigenvalue weighted by Gasteiger charge is 2.47. The zero-order valence-corrected chi connectivity index (χ0v) is 32.0. The maximum atomic E-state index is 13.5. The molecule has 2 unspecified atom stereocenters. The van der Waals surface area contributed by atoms with Gasteiger partial charge < -0.3 is 34.6 Å². The molecule has 0 radical (unpaired) electrons. The van der Waals surface area contributed by atoms with Crippen molar-refractivity contribution >= 4 is 39.7 Å². The summed E-state index contributed by atoms with van der Waals surface area (Å²) in [6.07, 6.45) is 8.71. The van der Waals surface area contributed by atoms with Gasteiger partial charge in [-0.25, -0.2) is 14.8 Å². The van der Waals surface area contributed by atoms with Gasteiger partial charge in [0.15, 0.2) is 0 Å². The number of nitrogens with one attached hydrogen (secondary N) is 3. The Kier molecular flexibility index (Phi) is 9.01. The molecule has 1 saturated carbocycles. The third kappa shape index (κ3) is 6.19. The smallest absolute Gasteiger partial charge is 0.407 e. The molecule has 3 fully saturated rings. The fourth-order valence-electron chi connectivity index (χ4n) is 9.71. The lowest BCUT2D eigenvalue weighted by molar-refractivity contribution is -0.135. The molecule has 4 aliphatic rings. The second kappa shape index (κ2) is 14.0. The van der Waals surface area contributed by atoms with Crippen LogP contribution >= 0.6 is 0 Å². The lowest BCUT2D eigenvalue weighted by Crippen LogP contribution is -2.44. The van der Waals surface area contributed by atoms with Crippen molar-refractivity contribution in [1.82, 2.24) is 35.1 Å². The summed E-state index contributed by atoms with van der Waals surface area (Å²) in [5.74, 6) is 3.32. The maximum Gasteiger partial charge on any atom is 0.407 e. The number of H-pyrrole nitrogens is 2. The Morgan fingerprint density at radius 1 is 0.982 bits per heavy atom. The summed E-state index contributed by atoms with van der Waals surface area (Å²) < 4.78 is 11.1. The Bertz CT molecular complexity index is 2310. The van der Waals surface area contributed by atoms with Crippen LogP contribution in [0.25, 0.3) is 44.2 Å². The number of likely N-dealkylation sites (tertiary alicyclic amines) is 2. The first kappa shape index (κ1) is 35.3. The van der Waals surface area contributed by atoms with E-state index in [-0.39, 0.29) is 42.5 Å². The van der Waals surface area contributed by atoms with Crippen molar-refractivity contribution in [3.63, 3.8) is 0 Å². The number of rotatable bonds is 8. The zero-order valence-electron chi connectivity index (χ0n) is 32.0. The average molecular weight is 744 g/mol. The molecule has 1 aliphatic carbocycles. The molecular weight excluding hydrogens is 695 g/mol. The number of methoxy groups -OCH3 is 1. The summed E-state index contributed by atoms with van der Waals surface area (Å²) in [7, 11) is 1.30. The molecule has 2 aromatic heterocycles. The van der Waals surface area contributed by atoms with E-state index in [2.05, 4.69) is 83.4 Å². The average Bonchev–Trinajstić information content (AvgIpc) is 4.04. The Hall–Kier alpha value is -5.39. The van der Waals surface area contributed by atoms with Crippen molar-refractivity contribution in [3.8, 4) is 28.1 Å². The highest BCUT2D eigenvalue weighted by Crippen LogP contribution is 2.48. The molecule has 3 N–H and O–H groups in total. The summed E-state index contributed by atoms with van der Waals surface area (Å²) >= 11 is 0. The second-order valence-electron chi connectivity index (χ2n) is 16.1. The summed E-state index contributed by atoms with van der Waals surface area (Å²) in [6.45, 7) is 6.75. The number of carbonyl (C=O) groups excluding carboxylic acids is 3. The van der Waals surface area contributed by atoms with E-state index >= 15 is 0 Å². The van der Waals surface area contributed by atoms with Crippen LogP contribution in [-0.2, 0) is 20.9 Å². The van der Waals surface area contributed by atoms with Crippen LogP contribution in [0.1, 0.15) is 101 Å². The minimum atomic E-state index is -0.615. The van der Waals surface area contributed by atoms with Crippen molar-refractivity contribution in [2.75, 3.05) is 13.7 Å². The Balaban J connectivity index is 0.980. The van der Waals surface area contributed by atoms with Crippen LogP contribution in [0.5, 0.6) is 5.75 Å². The minimum absolute atomic E-state index is 0.0342. The first-order chi connectivity index (χ1) is 26.7. The molecule has 5 aromatic rings. The lowest BCUT2D eigenvalue weighted by Gasteiger charge is -2.29. The van der Waals surface area contributed by atoms with Gasteiger partial charge in [-0.05, 0) is 97.2 Å². The minimum Gasteiger partial charge on any atom is -0.488 e. The highest BCUT2D eigenvalue weighted by atomic mass is 16.5. The number of fused-ring (bicyclic) bond motifs is 7. The number of nitrogens with zero attached hydrogens (tertiary/aromatic N) is 4. The Morgan fingerprint density at radius 2 is 1.85 bits per heavy atom. The molecule has 12 heteroatoms. The quantitative estimate of drug-likeness (QED) is 0.146. The van der Waals surface area contributed by atoms with Gasteiger partial charge in [0.05, 0.1) is 42.1 Å². The highest BCUT2D eigenvalue weighted by molar-refractivity contribution is 6.07. The largest absolute Gasteiger partial charge is 0.488 e. The Labute approximate surface area is 320 Å². The first-order valence-electron chi connectivity index (χ1n) is 19.9. The van der Waals surface area contributed by atoms with E-state index in [1.165, 1.54) is 7.11 Å². The van der Waals surface area contributed by atoms with Gasteiger partial charge in [0.1, 0.15) is 30.5 Å². The first-order valence-corrected chi connectivity index (χ1v) is 19.9. The third-order valence-corrected chi connectivity index (χ3v) is 12.8. The van der Waals surface area contributed by atoms with Crippen LogP contribution in [0.2, 0.25) is 0 Å². The van der Waals surface area contributed by atoms with Gasteiger partial charge in [-0.1, -0.05) is 44.9 Å². The molecule has 6 atom stereocenters. The van der Waals surface area contributed by atoms with Gasteiger partial charge >= 0.3 is 6.09 Å². The van der Waals surface area contributed by atoms with E-state index in [0.717, 1.165) is 112 Å². The zero-order chi connectivity index (χ0) is 38.0. The van der Waals surface area contributed by atoms with E-state index in [4.69, 9.17) is 19.4 Å². The third-order valence-electron chi connectivity index (χ3n) is 12.8. The number of imidazole rings is 2. The molecule has 286 valence electrons. The lowest BCUT2D eigenvalue weighted by atomic mass is 9.92. The predicted octanol–water partition coefficient (Wildman–Crippen LogP) is 7.95. The molecule has 2 saturated heterocycles. The van der Waals surface area contributed by atoms with Crippen molar-refractivity contribution in [1.29, 1.82) is 0 Å². The standard InChI is InChI=1S/C43H49N7O5/c1-5-23(2)15-38(51)49-24(3)9-14-35(49)41-44-20-33(47-41)26-10-12-29-28(16-26)22-55-37-19-30-25(17-31(29)37)11-13-32-40(30)48-42(46-32)36-18-27-7-6-8-34(27)50(36)39(52)21-45-43(53)54-4/h10-13,16-17,19-20,23-24,27,34-36H,5-9,14-15,18,21-22H2,1-4H3,(H,44,47)(H,45,53)(H,46,48)/t23?,24-,27-,34-,35?,36-/m0/s1. The molecule has 3 amide bonds. The van der Waals surface area contributed by atoms with Crippen LogP contribution in [-0.4, -0.2) is 73.4 Å². The number of alkyl carbamates (subject to hydrolysis) is 1. The molecule has 0 bridgehead atoms. The van der Waals surface area contributed by atoms with Gasteiger partial charge in [0.25, 0.3) is 0 Å². The number of hydrogen-bond acceptors (Lipinski definition) is 7. The topological polar surface area (TPSA) is 146 Å². The van der Waals surface area contributed by atoms with Gasteiger partial charge in [0.2, 0.25) is 11.8 Å². The van der Waals surface area contributed by atoms with Crippen molar-refractivity contribution < 1.29 is 23.9 Å². The number of benzene rings is 3. The van der Waals surface area contributed by atoms with Crippen LogP contribution in [0.15, 0.2) is 48.7 Å². The van der Waals surface area contributed by atoms with Crippen molar-refractivity contribution in [2.45, 2.75) is 103 Å². The maximum absolute atomic E-state index is 13.5. The monoisotopic (exact) mass is 743 g/mol. The van der Waals surface area contributed by atoms with Crippen molar-refractivity contribution in [3.05, 3.63) is 65.9 Å². The fraction of sp³-hybridized carbons (Fsp3) is 0.465. The molecule has 3 aliphatic heterocycles. The number of aromatic nitrogens is 4. The molecule has 12 nitrogen and oxygen atoms in total. The number of hydrogen-bond donors (Lipinski definition) is 3.